The predicted octanol–water partition coefficient (Wildman–Crippen LogP) is -1.60. The van der Waals surface area contributed by atoms with E-state index in [9.17, 15) is 13.2 Å². The first-order chi connectivity index (χ1) is 4.50. The Balaban J connectivity index is 2.83. The van der Waals surface area contributed by atoms with Crippen molar-refractivity contribution in [1.29, 1.82) is 0 Å². The minimum atomic E-state index is -3.88. The van der Waals surface area contributed by atoms with Crippen LogP contribution < -0.4 is 5.14 Å². The Morgan fingerprint density at radius 3 is 2.40 bits per heavy atom. The van der Waals surface area contributed by atoms with Gasteiger partial charge in [-0.2, -0.15) is 8.42 Å². The van der Waals surface area contributed by atoms with Gasteiger partial charge in [-0.25, -0.2) is 5.14 Å². The molecule has 1 rings (SSSR count). The average molecular weight is 164 g/mol. The van der Waals surface area contributed by atoms with E-state index in [4.69, 9.17) is 0 Å². The lowest BCUT2D eigenvalue weighted by Crippen LogP contribution is -2.32. The molecule has 1 aliphatic heterocycles. The average Bonchev–Trinajstić information content (AvgIpc) is 2.11. The molecule has 1 aliphatic rings. The van der Waals surface area contributed by atoms with Crippen LogP contribution in [-0.2, 0) is 15.0 Å². The van der Waals surface area contributed by atoms with E-state index in [2.05, 4.69) is 15.5 Å². The summed E-state index contributed by atoms with van der Waals surface area (Å²) >= 11 is 0. The van der Waals surface area contributed by atoms with Crippen LogP contribution in [0.25, 0.3) is 0 Å². The van der Waals surface area contributed by atoms with Crippen LogP contribution in [0.5, 0.6) is 0 Å². The standard InChI is InChI=1S/C2H4N4O3S/c3-10(8,9)6-1-2(7)4-5-6/h1H2,(H2,3,8,9). The van der Waals surface area contributed by atoms with Crippen LogP contribution in [-0.4, -0.2) is 25.3 Å². The normalized spacial score (nSPS) is 18.5. The molecule has 10 heavy (non-hydrogen) atoms. The summed E-state index contributed by atoms with van der Waals surface area (Å²) < 4.78 is 21.2. The summed E-state index contributed by atoms with van der Waals surface area (Å²) in [4.78, 5) is 10.3. The van der Waals surface area contributed by atoms with Gasteiger partial charge in [-0.15, -0.1) is 4.41 Å². The summed E-state index contributed by atoms with van der Waals surface area (Å²) in [7, 11) is -3.88. The third-order valence-electron chi connectivity index (χ3n) is 0.820. The second-order valence-electron chi connectivity index (χ2n) is 1.61. The van der Waals surface area contributed by atoms with Gasteiger partial charge in [0.15, 0.2) is 0 Å². The van der Waals surface area contributed by atoms with E-state index in [-0.39, 0.29) is 0 Å². The van der Waals surface area contributed by atoms with Gasteiger partial charge in [-0.3, -0.25) is 4.79 Å². The molecular formula is C2H4N4O3S. The maximum atomic E-state index is 10.4. The number of amides is 1. The summed E-state index contributed by atoms with van der Waals surface area (Å²) in [6.45, 7) is -0.390. The molecule has 0 fully saturated rings. The fourth-order valence-corrected chi connectivity index (χ4v) is 0.848. The van der Waals surface area contributed by atoms with Gasteiger partial charge in [-0.05, 0) is 0 Å². The zero-order valence-corrected chi connectivity index (χ0v) is 5.58. The number of hydrogen-bond donors (Lipinski definition) is 1. The fourth-order valence-electron chi connectivity index (χ4n) is 0.420. The van der Waals surface area contributed by atoms with Crippen molar-refractivity contribution in [2.45, 2.75) is 0 Å². The lowest BCUT2D eigenvalue weighted by atomic mass is 10.7. The smallest absolute Gasteiger partial charge is 0.269 e. The van der Waals surface area contributed by atoms with Crippen molar-refractivity contribution < 1.29 is 13.2 Å². The SMILES string of the molecule is NS(=O)(=O)N1CC(=O)N=N1. The zero-order valence-electron chi connectivity index (χ0n) is 4.76. The maximum absolute atomic E-state index is 10.4. The molecule has 1 amide bonds. The molecule has 1 heterocycles. The summed E-state index contributed by atoms with van der Waals surface area (Å²) in [5, 5.41) is 10.5. The van der Waals surface area contributed by atoms with Crippen LogP contribution in [0, 0.1) is 0 Å². The van der Waals surface area contributed by atoms with Crippen molar-refractivity contribution in [3.8, 4) is 0 Å². The molecule has 2 N–H and O–H groups in total. The molecule has 0 atom stereocenters. The van der Waals surface area contributed by atoms with Crippen LogP contribution >= 0.6 is 0 Å². The Hall–Kier alpha value is -1.02. The van der Waals surface area contributed by atoms with Crippen molar-refractivity contribution in [1.82, 2.24) is 4.41 Å². The molecule has 0 saturated heterocycles. The first-order valence-electron chi connectivity index (χ1n) is 2.25. The summed E-state index contributed by atoms with van der Waals surface area (Å²) in [6, 6.07) is 0. The minimum Gasteiger partial charge on any atom is -0.269 e. The van der Waals surface area contributed by atoms with Crippen LogP contribution in [0.15, 0.2) is 10.3 Å². The molecule has 8 heteroatoms. The molecule has 0 aromatic carbocycles. The predicted molar refractivity (Wildman–Crippen MR) is 29.7 cm³/mol. The number of carbonyl (C=O) groups excluding carboxylic acids is 1. The van der Waals surface area contributed by atoms with Crippen molar-refractivity contribution in [3.05, 3.63) is 0 Å². The Kier molecular flexibility index (Phi) is 1.41. The first-order valence-corrected chi connectivity index (χ1v) is 3.75. The molecular weight excluding hydrogens is 160 g/mol. The Morgan fingerprint density at radius 1 is 1.60 bits per heavy atom. The highest BCUT2D eigenvalue weighted by atomic mass is 32.2. The van der Waals surface area contributed by atoms with Crippen LogP contribution in [0.2, 0.25) is 0 Å². The van der Waals surface area contributed by atoms with Crippen LogP contribution in [0.1, 0.15) is 0 Å². The Morgan fingerprint density at radius 2 is 2.20 bits per heavy atom. The van der Waals surface area contributed by atoms with Gasteiger partial charge in [0.05, 0.1) is 0 Å². The summed E-state index contributed by atoms with van der Waals surface area (Å²) in [5.74, 6) is -0.617. The van der Waals surface area contributed by atoms with Gasteiger partial charge in [-0.1, -0.05) is 10.3 Å². The second kappa shape index (κ2) is 1.99. The molecule has 0 aromatic rings. The van der Waals surface area contributed by atoms with Crippen LogP contribution in [0.4, 0.5) is 0 Å². The van der Waals surface area contributed by atoms with Crippen molar-refractivity contribution in [2.24, 2.45) is 15.5 Å². The highest BCUT2D eigenvalue weighted by Crippen LogP contribution is 2.03. The van der Waals surface area contributed by atoms with E-state index in [0.717, 1.165) is 0 Å². The number of rotatable bonds is 1. The van der Waals surface area contributed by atoms with Gasteiger partial charge in [0.1, 0.15) is 6.54 Å². The monoisotopic (exact) mass is 164 g/mol. The maximum Gasteiger partial charge on any atom is 0.315 e. The molecule has 0 radical (unpaired) electrons. The highest BCUT2D eigenvalue weighted by Gasteiger charge is 2.23. The number of carbonyl (C=O) groups is 1. The van der Waals surface area contributed by atoms with Gasteiger partial charge in [0.2, 0.25) is 0 Å². The lowest BCUT2D eigenvalue weighted by molar-refractivity contribution is -0.116. The third kappa shape index (κ3) is 1.28. The molecule has 56 valence electrons. The van der Waals surface area contributed by atoms with E-state index in [1.807, 2.05) is 0 Å². The van der Waals surface area contributed by atoms with Gasteiger partial charge in [0.25, 0.3) is 5.91 Å². The van der Waals surface area contributed by atoms with Crippen molar-refractivity contribution in [2.75, 3.05) is 6.54 Å². The summed E-state index contributed by atoms with van der Waals surface area (Å²) in [5.41, 5.74) is 0. The van der Waals surface area contributed by atoms with Gasteiger partial charge < -0.3 is 0 Å². The molecule has 0 spiro atoms. The molecule has 0 aliphatic carbocycles. The van der Waals surface area contributed by atoms with Crippen LogP contribution in [0.3, 0.4) is 0 Å². The third-order valence-corrected chi connectivity index (χ3v) is 1.61. The molecule has 0 unspecified atom stereocenters. The van der Waals surface area contributed by atoms with Crippen molar-refractivity contribution >= 4 is 16.1 Å². The number of hydrogen-bond acceptors (Lipinski definition) is 4. The quantitative estimate of drug-likeness (QED) is 0.504. The highest BCUT2D eigenvalue weighted by molar-refractivity contribution is 7.86. The fraction of sp³-hybridized carbons (Fsp3) is 0.500. The van der Waals surface area contributed by atoms with E-state index < -0.39 is 22.7 Å². The zero-order chi connectivity index (χ0) is 7.78. The van der Waals surface area contributed by atoms with E-state index in [1.165, 1.54) is 0 Å². The molecule has 7 nitrogen and oxygen atoms in total. The van der Waals surface area contributed by atoms with Gasteiger partial charge in [0, 0.05) is 0 Å². The molecule has 0 saturated carbocycles. The second-order valence-corrected chi connectivity index (χ2v) is 3.06. The first kappa shape index (κ1) is 7.09. The lowest BCUT2D eigenvalue weighted by Gasteiger charge is -2.04. The largest absolute Gasteiger partial charge is 0.315 e. The molecule has 0 aromatic heterocycles. The van der Waals surface area contributed by atoms with Gasteiger partial charge >= 0.3 is 10.2 Å². The Bertz CT molecular complexity index is 279. The topological polar surface area (TPSA) is 105 Å². The number of nitrogens with zero attached hydrogens (tertiary/aromatic N) is 3. The Labute approximate surface area is 56.7 Å². The summed E-state index contributed by atoms with van der Waals surface area (Å²) in [6.07, 6.45) is 0. The van der Waals surface area contributed by atoms with Crippen molar-refractivity contribution in [3.63, 3.8) is 0 Å². The number of nitrogens with two attached hydrogens (primary N) is 1. The van der Waals surface area contributed by atoms with E-state index >= 15 is 0 Å². The molecule has 0 bridgehead atoms. The van der Waals surface area contributed by atoms with E-state index in [0.29, 0.717) is 4.41 Å². The minimum absolute atomic E-state index is 0.390. The van der Waals surface area contributed by atoms with E-state index in [1.54, 1.807) is 0 Å².